The number of thioether (sulfide) groups is 1. The zero-order valence-corrected chi connectivity index (χ0v) is 16.4. The van der Waals surface area contributed by atoms with E-state index in [9.17, 15) is 14.4 Å². The lowest BCUT2D eigenvalue weighted by Crippen LogP contribution is -2.54. The molecule has 0 spiro atoms. The Morgan fingerprint density at radius 1 is 1.24 bits per heavy atom. The van der Waals surface area contributed by atoms with Crippen molar-refractivity contribution in [3.8, 4) is 0 Å². The first-order valence-corrected chi connectivity index (χ1v) is 10.2. The van der Waals surface area contributed by atoms with Gasteiger partial charge in [0.2, 0.25) is 17.7 Å². The SMILES string of the molecule is CC(C)(C)C(=O)N1CCC(NC(=O)C2CSC3(C)CCC(=O)N23)CC1. The van der Waals surface area contributed by atoms with Crippen LogP contribution in [-0.2, 0) is 14.4 Å². The summed E-state index contributed by atoms with van der Waals surface area (Å²) in [5.41, 5.74) is -0.363. The van der Waals surface area contributed by atoms with Crippen molar-refractivity contribution in [3.63, 3.8) is 0 Å². The summed E-state index contributed by atoms with van der Waals surface area (Å²) in [6, 6.07) is -0.259. The van der Waals surface area contributed by atoms with E-state index in [0.717, 1.165) is 19.3 Å². The topological polar surface area (TPSA) is 69.7 Å². The smallest absolute Gasteiger partial charge is 0.243 e. The molecule has 2 unspecified atom stereocenters. The second-order valence-corrected chi connectivity index (χ2v) is 10.1. The van der Waals surface area contributed by atoms with E-state index in [1.807, 2.05) is 25.7 Å². The number of fused-ring (bicyclic) bond motifs is 1. The highest BCUT2D eigenvalue weighted by Crippen LogP contribution is 2.47. The Bertz CT molecular complexity index is 581. The fraction of sp³-hybridized carbons (Fsp3) is 0.833. The molecule has 3 amide bonds. The molecular weight excluding hydrogens is 338 g/mol. The maximum Gasteiger partial charge on any atom is 0.243 e. The average molecular weight is 368 g/mol. The van der Waals surface area contributed by atoms with E-state index in [1.165, 1.54) is 0 Å². The van der Waals surface area contributed by atoms with Crippen molar-refractivity contribution in [2.75, 3.05) is 18.8 Å². The lowest BCUT2D eigenvalue weighted by molar-refractivity contribution is -0.141. The molecule has 6 nitrogen and oxygen atoms in total. The fourth-order valence-corrected chi connectivity index (χ4v) is 5.45. The van der Waals surface area contributed by atoms with Crippen LogP contribution in [0.5, 0.6) is 0 Å². The van der Waals surface area contributed by atoms with Gasteiger partial charge in [0, 0.05) is 36.7 Å². The number of nitrogens with zero attached hydrogens (tertiary/aromatic N) is 2. The number of carbonyl (C=O) groups excluding carboxylic acids is 3. The van der Waals surface area contributed by atoms with Crippen molar-refractivity contribution in [3.05, 3.63) is 0 Å². The molecule has 0 bridgehead atoms. The van der Waals surface area contributed by atoms with Crippen molar-refractivity contribution >= 4 is 29.5 Å². The summed E-state index contributed by atoms with van der Waals surface area (Å²) in [5.74, 6) is 0.906. The van der Waals surface area contributed by atoms with Crippen LogP contribution in [0.1, 0.15) is 53.4 Å². The molecule has 140 valence electrons. The summed E-state index contributed by atoms with van der Waals surface area (Å²) in [4.78, 5) is 40.7. The Morgan fingerprint density at radius 2 is 1.88 bits per heavy atom. The molecule has 3 saturated heterocycles. The molecule has 3 heterocycles. The van der Waals surface area contributed by atoms with E-state index in [0.29, 0.717) is 25.3 Å². The summed E-state index contributed by atoms with van der Waals surface area (Å²) in [6.45, 7) is 9.23. The van der Waals surface area contributed by atoms with Gasteiger partial charge in [0.1, 0.15) is 6.04 Å². The summed E-state index contributed by atoms with van der Waals surface area (Å²) < 4.78 is 0. The van der Waals surface area contributed by atoms with Crippen LogP contribution in [0.25, 0.3) is 0 Å². The minimum Gasteiger partial charge on any atom is -0.351 e. The Balaban J connectivity index is 1.54. The summed E-state index contributed by atoms with van der Waals surface area (Å²) in [7, 11) is 0. The monoisotopic (exact) mass is 367 g/mol. The first kappa shape index (κ1) is 18.5. The van der Waals surface area contributed by atoms with Crippen LogP contribution in [0.3, 0.4) is 0 Å². The predicted octanol–water partition coefficient (Wildman–Crippen LogP) is 1.59. The van der Waals surface area contributed by atoms with Gasteiger partial charge in [-0.05, 0) is 26.2 Å². The highest BCUT2D eigenvalue weighted by Gasteiger charge is 2.53. The molecule has 25 heavy (non-hydrogen) atoms. The molecule has 0 aromatic carbocycles. The van der Waals surface area contributed by atoms with Gasteiger partial charge in [-0.3, -0.25) is 14.4 Å². The van der Waals surface area contributed by atoms with Gasteiger partial charge < -0.3 is 15.1 Å². The molecule has 3 fully saturated rings. The van der Waals surface area contributed by atoms with Gasteiger partial charge in [0.25, 0.3) is 0 Å². The largest absolute Gasteiger partial charge is 0.351 e. The van der Waals surface area contributed by atoms with Crippen LogP contribution in [0, 0.1) is 5.41 Å². The Morgan fingerprint density at radius 3 is 2.48 bits per heavy atom. The van der Waals surface area contributed by atoms with E-state index in [2.05, 4.69) is 12.2 Å². The van der Waals surface area contributed by atoms with Crippen LogP contribution in [0.15, 0.2) is 0 Å². The Kier molecular flexibility index (Phi) is 4.81. The normalized spacial score (nSPS) is 30.6. The number of carbonyl (C=O) groups is 3. The van der Waals surface area contributed by atoms with Gasteiger partial charge >= 0.3 is 0 Å². The Labute approximate surface area is 154 Å². The third kappa shape index (κ3) is 3.52. The molecule has 0 aromatic rings. The zero-order chi connectivity index (χ0) is 18.4. The number of nitrogens with one attached hydrogen (secondary N) is 1. The molecule has 0 aromatic heterocycles. The van der Waals surface area contributed by atoms with Crippen molar-refractivity contribution in [1.29, 1.82) is 0 Å². The lowest BCUT2D eigenvalue weighted by Gasteiger charge is -2.37. The quantitative estimate of drug-likeness (QED) is 0.805. The molecule has 0 aliphatic carbocycles. The third-order valence-electron chi connectivity index (χ3n) is 5.52. The second-order valence-electron chi connectivity index (χ2n) is 8.59. The van der Waals surface area contributed by atoms with E-state index in [4.69, 9.17) is 0 Å². The van der Waals surface area contributed by atoms with Gasteiger partial charge in [0.05, 0.1) is 4.87 Å². The molecular formula is C18H29N3O3S. The lowest BCUT2D eigenvalue weighted by atomic mass is 9.93. The molecule has 0 radical (unpaired) electrons. The molecule has 1 N–H and O–H groups in total. The Hall–Kier alpha value is -1.24. The zero-order valence-electron chi connectivity index (χ0n) is 15.6. The van der Waals surface area contributed by atoms with Gasteiger partial charge in [-0.1, -0.05) is 20.8 Å². The van der Waals surface area contributed by atoms with Gasteiger partial charge in [-0.2, -0.15) is 0 Å². The van der Waals surface area contributed by atoms with Gasteiger partial charge in [0.15, 0.2) is 0 Å². The first-order chi connectivity index (χ1) is 11.6. The van der Waals surface area contributed by atoms with E-state index >= 15 is 0 Å². The highest BCUT2D eigenvalue weighted by atomic mass is 32.2. The maximum atomic E-state index is 12.7. The van der Waals surface area contributed by atoms with Crippen LogP contribution in [-0.4, -0.2) is 63.3 Å². The number of amides is 3. The number of rotatable bonds is 2. The highest BCUT2D eigenvalue weighted by molar-refractivity contribution is 8.01. The minimum atomic E-state index is -0.363. The van der Waals surface area contributed by atoms with Crippen LogP contribution in [0.2, 0.25) is 0 Å². The number of likely N-dealkylation sites (tertiary alicyclic amines) is 1. The van der Waals surface area contributed by atoms with E-state index in [1.54, 1.807) is 16.7 Å². The number of hydrogen-bond acceptors (Lipinski definition) is 4. The summed E-state index contributed by atoms with van der Waals surface area (Å²) in [6.07, 6.45) is 2.92. The first-order valence-electron chi connectivity index (χ1n) is 9.18. The molecule has 3 aliphatic rings. The second kappa shape index (κ2) is 6.49. The standard InChI is InChI=1S/C18H29N3O3S/c1-17(2,3)16(24)20-9-6-12(7-10-20)19-15(23)13-11-25-18(4)8-5-14(22)21(13)18/h12-13H,5-11H2,1-4H3,(H,19,23). The number of hydrogen-bond donors (Lipinski definition) is 1. The average Bonchev–Trinajstić information content (AvgIpc) is 3.03. The van der Waals surface area contributed by atoms with Crippen LogP contribution >= 0.6 is 11.8 Å². The van der Waals surface area contributed by atoms with Gasteiger partial charge in [-0.25, -0.2) is 0 Å². The third-order valence-corrected chi connectivity index (χ3v) is 7.02. The predicted molar refractivity (Wildman–Crippen MR) is 97.9 cm³/mol. The van der Waals surface area contributed by atoms with Crippen molar-refractivity contribution in [2.24, 2.45) is 5.41 Å². The minimum absolute atomic E-state index is 0.0351. The molecule has 0 saturated carbocycles. The molecule has 2 atom stereocenters. The molecule has 3 aliphatic heterocycles. The molecule has 7 heteroatoms. The number of piperidine rings is 1. The van der Waals surface area contributed by atoms with E-state index in [-0.39, 0.29) is 40.1 Å². The van der Waals surface area contributed by atoms with Crippen molar-refractivity contribution in [2.45, 2.75) is 70.3 Å². The van der Waals surface area contributed by atoms with Crippen molar-refractivity contribution in [1.82, 2.24) is 15.1 Å². The summed E-state index contributed by atoms with van der Waals surface area (Å²) in [5, 5.41) is 3.13. The van der Waals surface area contributed by atoms with Crippen molar-refractivity contribution < 1.29 is 14.4 Å². The van der Waals surface area contributed by atoms with Crippen LogP contribution < -0.4 is 5.32 Å². The fourth-order valence-electron chi connectivity index (χ4n) is 4.01. The molecule has 3 rings (SSSR count). The van der Waals surface area contributed by atoms with Gasteiger partial charge in [-0.15, -0.1) is 11.8 Å². The summed E-state index contributed by atoms with van der Waals surface area (Å²) >= 11 is 1.72. The maximum absolute atomic E-state index is 12.7. The van der Waals surface area contributed by atoms with E-state index < -0.39 is 0 Å². The van der Waals surface area contributed by atoms with Crippen LogP contribution in [0.4, 0.5) is 0 Å².